The van der Waals surface area contributed by atoms with Crippen molar-refractivity contribution in [1.29, 1.82) is 0 Å². The summed E-state index contributed by atoms with van der Waals surface area (Å²) in [6.07, 6.45) is 5.47. The highest BCUT2D eigenvalue weighted by molar-refractivity contribution is 5.37. The second kappa shape index (κ2) is 8.57. The van der Waals surface area contributed by atoms with Crippen LogP contribution in [0.25, 0.3) is 0 Å². The van der Waals surface area contributed by atoms with E-state index in [-0.39, 0.29) is 0 Å². The highest BCUT2D eigenvalue weighted by atomic mass is 15.3. The molecule has 2 heterocycles. The maximum Gasteiger partial charge on any atom is 0.245 e. The number of pyridine rings is 1. The smallest absolute Gasteiger partial charge is 0.245 e. The number of aromatic nitrogens is 4. The van der Waals surface area contributed by atoms with Gasteiger partial charge < -0.3 is 10.6 Å². The van der Waals surface area contributed by atoms with E-state index < -0.39 is 0 Å². The van der Waals surface area contributed by atoms with Gasteiger partial charge in [-0.2, -0.15) is 10.1 Å². The first-order valence-electron chi connectivity index (χ1n) is 8.01. The quantitative estimate of drug-likeness (QED) is 0.622. The summed E-state index contributed by atoms with van der Waals surface area (Å²) in [6, 6.07) is 16.3. The summed E-state index contributed by atoms with van der Waals surface area (Å²) >= 11 is 0. The molecule has 0 atom stereocenters. The number of anilines is 2. The normalized spacial score (nSPS) is 10.3. The average molecular weight is 320 g/mol. The molecule has 0 unspecified atom stereocenters. The lowest BCUT2D eigenvalue weighted by Crippen LogP contribution is -2.09. The first kappa shape index (κ1) is 15.9. The summed E-state index contributed by atoms with van der Waals surface area (Å²) in [5.74, 6) is 1.22. The summed E-state index contributed by atoms with van der Waals surface area (Å²) in [4.78, 5) is 8.66. The van der Waals surface area contributed by atoms with Crippen LogP contribution in [-0.4, -0.2) is 26.7 Å². The van der Waals surface area contributed by atoms with Gasteiger partial charge in [0, 0.05) is 12.7 Å². The summed E-state index contributed by atoms with van der Waals surface area (Å²) in [7, 11) is 0. The maximum atomic E-state index is 4.41. The second-order valence-corrected chi connectivity index (χ2v) is 5.36. The molecule has 1 aromatic carbocycles. The standard InChI is InChI=1S/C18H20N6/c1-2-7-15(8-3-1)9-6-12-20-17-14-22-24-18(23-17)21-13-16-10-4-5-11-19-16/h1-5,7-8,10-11,14H,6,9,12-13H2,(H2,20,21,23,24). The van der Waals surface area contributed by atoms with Gasteiger partial charge in [0.25, 0.3) is 0 Å². The number of benzene rings is 1. The average Bonchev–Trinajstić information content (AvgIpc) is 2.66. The lowest BCUT2D eigenvalue weighted by atomic mass is 10.1. The zero-order chi connectivity index (χ0) is 16.5. The van der Waals surface area contributed by atoms with Crippen molar-refractivity contribution < 1.29 is 0 Å². The molecule has 0 spiro atoms. The zero-order valence-electron chi connectivity index (χ0n) is 13.4. The van der Waals surface area contributed by atoms with Gasteiger partial charge in [-0.25, -0.2) is 0 Å². The van der Waals surface area contributed by atoms with E-state index in [9.17, 15) is 0 Å². The largest absolute Gasteiger partial charge is 0.369 e. The van der Waals surface area contributed by atoms with Gasteiger partial charge in [0.05, 0.1) is 18.4 Å². The molecule has 2 N–H and O–H groups in total. The van der Waals surface area contributed by atoms with E-state index in [4.69, 9.17) is 0 Å². The van der Waals surface area contributed by atoms with Crippen molar-refractivity contribution in [3.63, 3.8) is 0 Å². The topological polar surface area (TPSA) is 75.6 Å². The van der Waals surface area contributed by atoms with Gasteiger partial charge in [-0.1, -0.05) is 36.4 Å². The fourth-order valence-corrected chi connectivity index (χ4v) is 2.29. The molecular weight excluding hydrogens is 300 g/mol. The Bertz CT molecular complexity index is 733. The van der Waals surface area contributed by atoms with E-state index in [1.165, 1.54) is 5.56 Å². The Morgan fingerprint density at radius 2 is 1.79 bits per heavy atom. The Balaban J connectivity index is 1.45. The van der Waals surface area contributed by atoms with Crippen molar-refractivity contribution >= 4 is 11.8 Å². The first-order chi connectivity index (χ1) is 11.9. The summed E-state index contributed by atoms with van der Waals surface area (Å²) < 4.78 is 0. The number of hydrogen-bond acceptors (Lipinski definition) is 6. The molecule has 6 nitrogen and oxygen atoms in total. The number of nitrogens with zero attached hydrogens (tertiary/aromatic N) is 4. The first-order valence-corrected chi connectivity index (χ1v) is 8.01. The van der Waals surface area contributed by atoms with Crippen LogP contribution in [0.2, 0.25) is 0 Å². The minimum atomic E-state index is 0.494. The van der Waals surface area contributed by atoms with E-state index in [2.05, 4.69) is 55.1 Å². The number of rotatable bonds is 8. The maximum absolute atomic E-state index is 4.41. The van der Waals surface area contributed by atoms with Gasteiger partial charge in [0.2, 0.25) is 5.95 Å². The molecule has 0 amide bonds. The van der Waals surface area contributed by atoms with Crippen LogP contribution in [0.3, 0.4) is 0 Å². The molecule has 0 saturated heterocycles. The molecule has 0 saturated carbocycles. The molecule has 6 heteroatoms. The van der Waals surface area contributed by atoms with Gasteiger partial charge >= 0.3 is 0 Å². The third-order valence-corrected chi connectivity index (χ3v) is 3.50. The fourth-order valence-electron chi connectivity index (χ4n) is 2.29. The molecule has 0 aliphatic heterocycles. The highest BCUT2D eigenvalue weighted by Crippen LogP contribution is 2.07. The van der Waals surface area contributed by atoms with Crippen molar-refractivity contribution in [3.8, 4) is 0 Å². The van der Waals surface area contributed by atoms with Crippen molar-refractivity contribution in [2.24, 2.45) is 0 Å². The summed E-state index contributed by atoms with van der Waals surface area (Å²) in [5, 5.41) is 14.4. The third-order valence-electron chi connectivity index (χ3n) is 3.50. The van der Waals surface area contributed by atoms with Gasteiger partial charge in [-0.05, 0) is 30.5 Å². The highest BCUT2D eigenvalue weighted by Gasteiger charge is 2.01. The van der Waals surface area contributed by atoms with Crippen LogP contribution in [0.4, 0.5) is 11.8 Å². The molecule has 3 rings (SSSR count). The second-order valence-electron chi connectivity index (χ2n) is 5.36. The van der Waals surface area contributed by atoms with Crippen LogP contribution in [0, 0.1) is 0 Å². The number of nitrogens with one attached hydrogen (secondary N) is 2. The molecule has 0 fully saturated rings. The third kappa shape index (κ3) is 5.01. The molecule has 2 aromatic heterocycles. The molecule has 0 radical (unpaired) electrons. The lowest BCUT2D eigenvalue weighted by molar-refractivity contribution is 0.851. The van der Waals surface area contributed by atoms with E-state index in [0.29, 0.717) is 12.5 Å². The molecule has 122 valence electrons. The predicted molar refractivity (Wildman–Crippen MR) is 94.6 cm³/mol. The van der Waals surface area contributed by atoms with E-state index in [1.54, 1.807) is 12.4 Å². The minimum absolute atomic E-state index is 0.494. The van der Waals surface area contributed by atoms with Crippen LogP contribution < -0.4 is 10.6 Å². The fraction of sp³-hybridized carbons (Fsp3) is 0.222. The van der Waals surface area contributed by atoms with Gasteiger partial charge in [0.1, 0.15) is 5.82 Å². The Labute approximate surface area is 141 Å². The molecule has 0 bridgehead atoms. The minimum Gasteiger partial charge on any atom is -0.369 e. The number of aryl methyl sites for hydroxylation is 1. The molecule has 24 heavy (non-hydrogen) atoms. The molecule has 0 aliphatic carbocycles. The zero-order valence-corrected chi connectivity index (χ0v) is 13.4. The van der Waals surface area contributed by atoms with E-state index in [1.807, 2.05) is 24.3 Å². The molecule has 0 aliphatic rings. The summed E-state index contributed by atoms with van der Waals surface area (Å²) in [5.41, 5.74) is 2.28. The van der Waals surface area contributed by atoms with Crippen LogP contribution in [0.15, 0.2) is 60.9 Å². The Morgan fingerprint density at radius 1 is 0.917 bits per heavy atom. The van der Waals surface area contributed by atoms with E-state index in [0.717, 1.165) is 30.9 Å². The van der Waals surface area contributed by atoms with Gasteiger partial charge in [-0.15, -0.1) is 5.10 Å². The van der Waals surface area contributed by atoms with Crippen molar-refractivity contribution in [2.75, 3.05) is 17.2 Å². The predicted octanol–water partition coefficient (Wildman–Crippen LogP) is 2.92. The van der Waals surface area contributed by atoms with Crippen molar-refractivity contribution in [1.82, 2.24) is 20.2 Å². The van der Waals surface area contributed by atoms with Crippen LogP contribution in [0.1, 0.15) is 17.7 Å². The van der Waals surface area contributed by atoms with Crippen molar-refractivity contribution in [3.05, 3.63) is 72.2 Å². The Kier molecular flexibility index (Phi) is 5.66. The van der Waals surface area contributed by atoms with E-state index >= 15 is 0 Å². The molecule has 3 aromatic rings. The van der Waals surface area contributed by atoms with Crippen molar-refractivity contribution in [2.45, 2.75) is 19.4 Å². The van der Waals surface area contributed by atoms with Crippen LogP contribution >= 0.6 is 0 Å². The Hall–Kier alpha value is -3.02. The SMILES string of the molecule is c1ccc(CCCNc2cnnc(NCc3ccccn3)n2)cc1. The van der Waals surface area contributed by atoms with Crippen LogP contribution in [-0.2, 0) is 13.0 Å². The van der Waals surface area contributed by atoms with Gasteiger partial charge in [-0.3, -0.25) is 4.98 Å². The number of hydrogen-bond donors (Lipinski definition) is 2. The Morgan fingerprint density at radius 3 is 2.62 bits per heavy atom. The lowest BCUT2D eigenvalue weighted by Gasteiger charge is -2.07. The molecular formula is C18H20N6. The summed E-state index contributed by atoms with van der Waals surface area (Å²) in [6.45, 7) is 1.41. The van der Waals surface area contributed by atoms with Crippen LogP contribution in [0.5, 0.6) is 0 Å². The van der Waals surface area contributed by atoms with Gasteiger partial charge in [0.15, 0.2) is 0 Å². The monoisotopic (exact) mass is 320 g/mol.